The Morgan fingerprint density at radius 2 is 1.76 bits per heavy atom. The number of halogens is 1. The summed E-state index contributed by atoms with van der Waals surface area (Å²) in [7, 11) is 0. The zero-order valence-electron chi connectivity index (χ0n) is 19.1. The van der Waals surface area contributed by atoms with Crippen LogP contribution in [0.25, 0.3) is 10.9 Å². The number of anilines is 1. The molecule has 34 heavy (non-hydrogen) atoms. The number of hydrogen-bond acceptors (Lipinski definition) is 3. The van der Waals surface area contributed by atoms with Gasteiger partial charge in [0, 0.05) is 23.3 Å². The van der Waals surface area contributed by atoms with Crippen LogP contribution in [0.5, 0.6) is 5.75 Å². The molecule has 0 radical (unpaired) electrons. The Balaban J connectivity index is 1.61. The number of ether oxygens (including phenoxy) is 1. The third-order valence-corrected chi connectivity index (χ3v) is 5.79. The number of H-pyrrole nitrogens is 1. The molecule has 0 aliphatic heterocycles. The normalized spacial score (nSPS) is 10.8. The number of nitrogens with one attached hydrogen (secondary N) is 2. The van der Waals surface area contributed by atoms with E-state index in [4.69, 9.17) is 17.0 Å². The van der Waals surface area contributed by atoms with Gasteiger partial charge in [-0.25, -0.2) is 4.39 Å². The molecule has 0 bridgehead atoms. The lowest BCUT2D eigenvalue weighted by atomic mass is 10.1. The van der Waals surface area contributed by atoms with Crippen molar-refractivity contribution in [2.24, 2.45) is 0 Å². The van der Waals surface area contributed by atoms with E-state index in [2.05, 4.69) is 10.3 Å². The highest BCUT2D eigenvalue weighted by Gasteiger charge is 2.15. The van der Waals surface area contributed by atoms with Gasteiger partial charge in [-0.2, -0.15) is 0 Å². The van der Waals surface area contributed by atoms with Crippen LogP contribution >= 0.6 is 12.2 Å². The van der Waals surface area contributed by atoms with Crippen molar-refractivity contribution in [1.29, 1.82) is 0 Å². The molecule has 4 aromatic rings. The Bertz CT molecular complexity index is 1350. The van der Waals surface area contributed by atoms with Crippen LogP contribution in [0.15, 0.2) is 77.6 Å². The van der Waals surface area contributed by atoms with Gasteiger partial charge in [0.15, 0.2) is 5.11 Å². The van der Waals surface area contributed by atoms with Crippen LogP contribution in [0.4, 0.5) is 10.1 Å². The van der Waals surface area contributed by atoms with Gasteiger partial charge in [-0.15, -0.1) is 0 Å². The van der Waals surface area contributed by atoms with Crippen LogP contribution in [0.2, 0.25) is 0 Å². The van der Waals surface area contributed by atoms with Crippen molar-refractivity contribution in [3.63, 3.8) is 0 Å². The molecule has 3 aromatic carbocycles. The van der Waals surface area contributed by atoms with Gasteiger partial charge in [0.05, 0.1) is 13.2 Å². The Kier molecular flexibility index (Phi) is 7.23. The number of aryl methyl sites for hydroxylation is 1. The summed E-state index contributed by atoms with van der Waals surface area (Å²) in [5.41, 5.74) is 4.02. The standard InChI is InChI=1S/C27H26FN3O2S/c1-3-33-24-11-9-23(10-12-24)29-27(34)31(16-19-5-7-22(28)8-6-19)17-21-15-20-14-18(2)4-13-25(20)30-26(21)32/h4-15H,3,16-17H2,1-2H3,(H,29,34)(H,30,32). The molecule has 0 saturated heterocycles. The van der Waals surface area contributed by atoms with Crippen molar-refractivity contribution in [3.05, 3.63) is 106 Å². The van der Waals surface area contributed by atoms with Crippen LogP contribution in [0.1, 0.15) is 23.6 Å². The van der Waals surface area contributed by atoms with Crippen molar-refractivity contribution < 1.29 is 9.13 Å². The maximum atomic E-state index is 13.4. The van der Waals surface area contributed by atoms with E-state index in [1.54, 1.807) is 12.1 Å². The number of benzene rings is 3. The lowest BCUT2D eigenvalue weighted by molar-refractivity contribution is 0.340. The summed E-state index contributed by atoms with van der Waals surface area (Å²) in [6.07, 6.45) is 0. The SMILES string of the molecule is CCOc1ccc(NC(=S)N(Cc2ccc(F)cc2)Cc2cc3cc(C)ccc3[nH]c2=O)cc1. The number of hydrogen-bond donors (Lipinski definition) is 2. The summed E-state index contributed by atoms with van der Waals surface area (Å²) >= 11 is 5.72. The first-order chi connectivity index (χ1) is 16.4. The molecule has 4 rings (SSSR count). The lowest BCUT2D eigenvalue weighted by Gasteiger charge is -2.26. The highest BCUT2D eigenvalue weighted by atomic mass is 32.1. The number of thiocarbonyl (C=S) groups is 1. The summed E-state index contributed by atoms with van der Waals surface area (Å²) in [5, 5.41) is 4.66. The molecule has 0 unspecified atom stereocenters. The number of aromatic amines is 1. The fourth-order valence-corrected chi connectivity index (χ4v) is 3.95. The summed E-state index contributed by atoms with van der Waals surface area (Å²) < 4.78 is 18.9. The maximum Gasteiger partial charge on any atom is 0.253 e. The van der Waals surface area contributed by atoms with Crippen LogP contribution in [-0.4, -0.2) is 21.6 Å². The summed E-state index contributed by atoms with van der Waals surface area (Å²) in [5.74, 6) is 0.479. The second-order valence-corrected chi connectivity index (χ2v) is 8.47. The van der Waals surface area contributed by atoms with E-state index in [1.165, 1.54) is 12.1 Å². The molecule has 7 heteroatoms. The molecule has 174 valence electrons. The van der Waals surface area contributed by atoms with Gasteiger partial charge in [-0.05, 0) is 91.6 Å². The first-order valence-electron chi connectivity index (χ1n) is 11.1. The first-order valence-corrected chi connectivity index (χ1v) is 11.5. The molecular formula is C27H26FN3O2S. The van der Waals surface area contributed by atoms with Crippen LogP contribution < -0.4 is 15.6 Å². The third-order valence-electron chi connectivity index (χ3n) is 5.43. The minimum Gasteiger partial charge on any atom is -0.494 e. The lowest BCUT2D eigenvalue weighted by Crippen LogP contribution is -2.35. The number of pyridine rings is 1. The van der Waals surface area contributed by atoms with Crippen LogP contribution in [-0.2, 0) is 13.1 Å². The molecule has 5 nitrogen and oxygen atoms in total. The quantitative estimate of drug-likeness (QED) is 0.332. The highest BCUT2D eigenvalue weighted by molar-refractivity contribution is 7.80. The second kappa shape index (κ2) is 10.5. The van der Waals surface area contributed by atoms with Gasteiger partial charge in [0.1, 0.15) is 11.6 Å². The van der Waals surface area contributed by atoms with E-state index in [0.29, 0.717) is 30.4 Å². The summed E-state index contributed by atoms with van der Waals surface area (Å²) in [4.78, 5) is 17.7. The fourth-order valence-electron chi connectivity index (χ4n) is 3.71. The predicted octanol–water partition coefficient (Wildman–Crippen LogP) is 5.77. The second-order valence-electron chi connectivity index (χ2n) is 8.08. The zero-order valence-corrected chi connectivity index (χ0v) is 19.9. The Morgan fingerprint density at radius 3 is 2.47 bits per heavy atom. The number of rotatable bonds is 7. The van der Waals surface area contributed by atoms with Crippen molar-refractivity contribution in [2.75, 3.05) is 11.9 Å². The maximum absolute atomic E-state index is 13.4. The van der Waals surface area contributed by atoms with Crippen molar-refractivity contribution in [1.82, 2.24) is 9.88 Å². The minimum atomic E-state index is -0.299. The minimum absolute atomic E-state index is 0.163. The number of nitrogens with zero attached hydrogens (tertiary/aromatic N) is 1. The predicted molar refractivity (Wildman–Crippen MR) is 139 cm³/mol. The van der Waals surface area contributed by atoms with Gasteiger partial charge in [-0.1, -0.05) is 23.8 Å². The molecule has 0 aliphatic carbocycles. The molecule has 0 amide bonds. The zero-order chi connectivity index (χ0) is 24.1. The molecule has 0 aliphatic rings. The van der Waals surface area contributed by atoms with Crippen molar-refractivity contribution in [3.8, 4) is 5.75 Å². The molecule has 1 aromatic heterocycles. The average molecular weight is 476 g/mol. The van der Waals surface area contributed by atoms with Gasteiger partial charge in [-0.3, -0.25) is 4.79 Å². The Labute approximate surface area is 203 Å². The van der Waals surface area contributed by atoms with E-state index in [0.717, 1.165) is 33.5 Å². The van der Waals surface area contributed by atoms with Gasteiger partial charge in [0.2, 0.25) is 0 Å². The Morgan fingerprint density at radius 1 is 1.03 bits per heavy atom. The molecule has 1 heterocycles. The third kappa shape index (κ3) is 5.80. The number of aromatic nitrogens is 1. The summed E-state index contributed by atoms with van der Waals surface area (Å²) in [6.45, 7) is 5.25. The topological polar surface area (TPSA) is 57.4 Å². The van der Waals surface area contributed by atoms with Gasteiger partial charge >= 0.3 is 0 Å². The van der Waals surface area contributed by atoms with E-state index in [-0.39, 0.29) is 11.4 Å². The fraction of sp³-hybridized carbons (Fsp3) is 0.185. The summed E-state index contributed by atoms with van der Waals surface area (Å²) in [6, 6.07) is 21.6. The van der Waals surface area contributed by atoms with Crippen LogP contribution in [0, 0.1) is 12.7 Å². The molecule has 0 fully saturated rings. The van der Waals surface area contributed by atoms with E-state index < -0.39 is 0 Å². The average Bonchev–Trinajstić information content (AvgIpc) is 2.82. The molecule has 0 spiro atoms. The number of fused-ring (bicyclic) bond motifs is 1. The highest BCUT2D eigenvalue weighted by Crippen LogP contribution is 2.19. The van der Waals surface area contributed by atoms with Gasteiger partial charge in [0.25, 0.3) is 5.56 Å². The first kappa shape index (κ1) is 23.4. The van der Waals surface area contributed by atoms with E-state index >= 15 is 0 Å². The molecule has 0 atom stereocenters. The molecule has 2 N–H and O–H groups in total. The van der Waals surface area contributed by atoms with Crippen LogP contribution in [0.3, 0.4) is 0 Å². The Hall–Kier alpha value is -3.71. The van der Waals surface area contributed by atoms with Crippen molar-refractivity contribution >= 4 is 33.9 Å². The van der Waals surface area contributed by atoms with E-state index in [9.17, 15) is 9.18 Å². The largest absolute Gasteiger partial charge is 0.494 e. The monoisotopic (exact) mass is 475 g/mol. The molecular weight excluding hydrogens is 449 g/mol. The molecule has 0 saturated carbocycles. The smallest absolute Gasteiger partial charge is 0.253 e. The van der Waals surface area contributed by atoms with Gasteiger partial charge < -0.3 is 19.9 Å². The van der Waals surface area contributed by atoms with E-state index in [1.807, 2.05) is 67.3 Å². The van der Waals surface area contributed by atoms with Crippen molar-refractivity contribution in [2.45, 2.75) is 26.9 Å².